The van der Waals surface area contributed by atoms with E-state index in [0.29, 0.717) is 50.0 Å². The van der Waals surface area contributed by atoms with Gasteiger partial charge in [0, 0.05) is 30.5 Å². The number of rotatable bonds is 6. The summed E-state index contributed by atoms with van der Waals surface area (Å²) in [6, 6.07) is 10.1. The molecule has 1 aliphatic rings. The molecule has 2 heterocycles. The lowest BCUT2D eigenvalue weighted by atomic mass is 10.0. The van der Waals surface area contributed by atoms with Crippen molar-refractivity contribution < 1.29 is 27.1 Å². The third-order valence-corrected chi connectivity index (χ3v) is 5.17. The molecule has 0 aliphatic carbocycles. The van der Waals surface area contributed by atoms with Gasteiger partial charge in [0.2, 0.25) is 5.95 Å². The Labute approximate surface area is 192 Å². The van der Waals surface area contributed by atoms with E-state index < -0.39 is 17.6 Å². The summed E-state index contributed by atoms with van der Waals surface area (Å²) in [7, 11) is 0. The SMILES string of the molecule is O=C/C=C/c1cccc(-c2cnc(Nc3ccc(F)c(C(F)(F)F)c3)nc2N2CCOCC2)c1. The summed E-state index contributed by atoms with van der Waals surface area (Å²) in [6.45, 7) is 2.15. The highest BCUT2D eigenvalue weighted by Gasteiger charge is 2.34. The molecule has 0 saturated carbocycles. The lowest BCUT2D eigenvalue weighted by molar-refractivity contribution is -0.139. The smallest absolute Gasteiger partial charge is 0.378 e. The second-order valence-corrected chi connectivity index (χ2v) is 7.47. The van der Waals surface area contributed by atoms with Crippen molar-refractivity contribution in [3.8, 4) is 11.1 Å². The largest absolute Gasteiger partial charge is 0.419 e. The lowest BCUT2D eigenvalue weighted by Gasteiger charge is -2.29. The van der Waals surface area contributed by atoms with Gasteiger partial charge in [0.15, 0.2) is 0 Å². The molecule has 1 aliphatic heterocycles. The minimum absolute atomic E-state index is 0.00963. The van der Waals surface area contributed by atoms with Crippen molar-refractivity contribution in [2.24, 2.45) is 0 Å². The van der Waals surface area contributed by atoms with Gasteiger partial charge in [-0.2, -0.15) is 18.2 Å². The van der Waals surface area contributed by atoms with Crippen molar-refractivity contribution >= 4 is 29.8 Å². The van der Waals surface area contributed by atoms with Gasteiger partial charge in [-0.05, 0) is 41.5 Å². The Morgan fingerprint density at radius 3 is 2.62 bits per heavy atom. The van der Waals surface area contributed by atoms with E-state index in [-0.39, 0.29) is 11.6 Å². The second-order valence-electron chi connectivity index (χ2n) is 7.47. The number of morpholine rings is 1. The molecule has 2 aromatic carbocycles. The number of hydrogen-bond donors (Lipinski definition) is 1. The number of alkyl halides is 3. The number of carbonyl (C=O) groups is 1. The molecule has 6 nitrogen and oxygen atoms in total. The van der Waals surface area contributed by atoms with Gasteiger partial charge in [0.1, 0.15) is 17.9 Å². The Morgan fingerprint density at radius 1 is 1.09 bits per heavy atom. The summed E-state index contributed by atoms with van der Waals surface area (Å²) in [5.74, 6) is -0.704. The highest BCUT2D eigenvalue weighted by molar-refractivity contribution is 5.80. The fourth-order valence-corrected chi connectivity index (χ4v) is 3.56. The molecule has 1 fully saturated rings. The molecular formula is C24H20F4N4O2. The topological polar surface area (TPSA) is 67.4 Å². The van der Waals surface area contributed by atoms with Crippen LogP contribution in [0.1, 0.15) is 11.1 Å². The zero-order chi connectivity index (χ0) is 24.1. The first-order chi connectivity index (χ1) is 16.3. The van der Waals surface area contributed by atoms with Crippen LogP contribution in [0.5, 0.6) is 0 Å². The Bertz CT molecular complexity index is 1210. The summed E-state index contributed by atoms with van der Waals surface area (Å²) < 4.78 is 58.3. The van der Waals surface area contributed by atoms with Crippen LogP contribution in [0.3, 0.4) is 0 Å². The van der Waals surface area contributed by atoms with Crippen LogP contribution in [-0.4, -0.2) is 42.6 Å². The van der Waals surface area contributed by atoms with Crippen molar-refractivity contribution in [1.29, 1.82) is 0 Å². The summed E-state index contributed by atoms with van der Waals surface area (Å²) in [5.41, 5.74) is 0.968. The van der Waals surface area contributed by atoms with E-state index in [1.807, 2.05) is 29.2 Å². The first kappa shape index (κ1) is 23.4. The number of aldehydes is 1. The van der Waals surface area contributed by atoms with Crippen LogP contribution in [0, 0.1) is 5.82 Å². The monoisotopic (exact) mass is 472 g/mol. The summed E-state index contributed by atoms with van der Waals surface area (Å²) in [4.78, 5) is 21.5. The number of nitrogens with one attached hydrogen (secondary N) is 1. The molecule has 0 unspecified atom stereocenters. The van der Waals surface area contributed by atoms with Gasteiger partial charge in [-0.1, -0.05) is 24.3 Å². The molecule has 176 valence electrons. The van der Waals surface area contributed by atoms with Gasteiger partial charge >= 0.3 is 6.18 Å². The van der Waals surface area contributed by atoms with E-state index in [1.165, 1.54) is 12.1 Å². The van der Waals surface area contributed by atoms with Crippen LogP contribution < -0.4 is 10.2 Å². The van der Waals surface area contributed by atoms with E-state index in [0.717, 1.165) is 17.2 Å². The lowest BCUT2D eigenvalue weighted by Crippen LogP contribution is -2.37. The molecule has 0 amide bonds. The van der Waals surface area contributed by atoms with E-state index in [4.69, 9.17) is 4.74 Å². The number of aromatic nitrogens is 2. The highest BCUT2D eigenvalue weighted by Crippen LogP contribution is 2.35. The minimum Gasteiger partial charge on any atom is -0.378 e. The third-order valence-electron chi connectivity index (χ3n) is 5.17. The molecule has 0 spiro atoms. The summed E-state index contributed by atoms with van der Waals surface area (Å²) >= 11 is 0. The van der Waals surface area contributed by atoms with E-state index >= 15 is 0 Å². The first-order valence-electron chi connectivity index (χ1n) is 10.4. The Hall–Kier alpha value is -3.79. The maximum atomic E-state index is 13.6. The zero-order valence-corrected chi connectivity index (χ0v) is 17.8. The maximum absolute atomic E-state index is 13.6. The Kier molecular flexibility index (Phi) is 6.87. The van der Waals surface area contributed by atoms with Crippen molar-refractivity contribution in [3.63, 3.8) is 0 Å². The van der Waals surface area contributed by atoms with Gasteiger partial charge in [0.05, 0.1) is 18.8 Å². The number of benzene rings is 2. The molecule has 0 atom stereocenters. The number of hydrogen-bond acceptors (Lipinski definition) is 6. The molecule has 1 saturated heterocycles. The van der Waals surface area contributed by atoms with Crippen LogP contribution in [-0.2, 0) is 15.7 Å². The fraction of sp³-hybridized carbons (Fsp3) is 0.208. The molecule has 3 aromatic rings. The minimum atomic E-state index is -4.82. The molecule has 0 bridgehead atoms. The van der Waals surface area contributed by atoms with Gasteiger partial charge in [0.25, 0.3) is 0 Å². The maximum Gasteiger partial charge on any atom is 0.419 e. The number of anilines is 3. The molecule has 34 heavy (non-hydrogen) atoms. The number of ether oxygens (including phenoxy) is 1. The average molecular weight is 472 g/mol. The van der Waals surface area contributed by atoms with E-state index in [2.05, 4.69) is 15.3 Å². The zero-order valence-electron chi connectivity index (χ0n) is 17.8. The predicted molar refractivity (Wildman–Crippen MR) is 120 cm³/mol. The second kappa shape index (κ2) is 10.0. The summed E-state index contributed by atoms with van der Waals surface area (Å²) in [6.07, 6.45) is 0.512. The van der Waals surface area contributed by atoms with Crippen molar-refractivity contribution in [1.82, 2.24) is 9.97 Å². The Morgan fingerprint density at radius 2 is 1.88 bits per heavy atom. The number of nitrogens with zero attached hydrogens (tertiary/aromatic N) is 3. The average Bonchev–Trinajstić information content (AvgIpc) is 2.84. The van der Waals surface area contributed by atoms with Gasteiger partial charge in [-0.15, -0.1) is 0 Å². The van der Waals surface area contributed by atoms with Gasteiger partial charge < -0.3 is 15.0 Å². The van der Waals surface area contributed by atoms with Gasteiger partial charge in [-0.3, -0.25) is 4.79 Å². The fourth-order valence-electron chi connectivity index (χ4n) is 3.56. The quantitative estimate of drug-likeness (QED) is 0.306. The van der Waals surface area contributed by atoms with E-state index in [9.17, 15) is 22.4 Å². The number of carbonyl (C=O) groups excluding carboxylic acids is 1. The highest BCUT2D eigenvalue weighted by atomic mass is 19.4. The van der Waals surface area contributed by atoms with Crippen LogP contribution in [0.15, 0.2) is 54.7 Å². The summed E-state index contributed by atoms with van der Waals surface area (Å²) in [5, 5.41) is 2.74. The van der Waals surface area contributed by atoms with E-state index in [1.54, 1.807) is 12.3 Å². The number of allylic oxidation sites excluding steroid dienone is 1. The molecular weight excluding hydrogens is 452 g/mol. The standard InChI is InChI=1S/C24H20F4N4O2/c25-21-7-6-18(14-20(21)24(26,27)28)30-23-29-15-19(22(31-23)32-8-11-34-12-9-32)17-5-1-3-16(13-17)4-2-10-33/h1-7,10,13-15H,8-9,11-12H2,(H,29,30,31)/b4-2+. The van der Waals surface area contributed by atoms with Gasteiger partial charge in [-0.25, -0.2) is 9.37 Å². The van der Waals surface area contributed by atoms with Crippen molar-refractivity contribution in [2.45, 2.75) is 6.18 Å². The molecule has 1 N–H and O–H groups in total. The molecule has 10 heteroatoms. The van der Waals surface area contributed by atoms with Crippen LogP contribution >= 0.6 is 0 Å². The van der Waals surface area contributed by atoms with Crippen LogP contribution in [0.25, 0.3) is 17.2 Å². The van der Waals surface area contributed by atoms with Crippen LogP contribution in [0.2, 0.25) is 0 Å². The normalized spacial score (nSPS) is 14.4. The molecule has 4 rings (SSSR count). The van der Waals surface area contributed by atoms with Crippen molar-refractivity contribution in [2.75, 3.05) is 36.5 Å². The molecule has 0 radical (unpaired) electrons. The predicted octanol–water partition coefficient (Wildman–Crippen LogP) is 5.09. The number of halogens is 4. The first-order valence-corrected chi connectivity index (χ1v) is 10.4. The Balaban J connectivity index is 1.72. The van der Waals surface area contributed by atoms with Crippen molar-refractivity contribution in [3.05, 3.63) is 71.7 Å². The third kappa shape index (κ3) is 5.40. The van der Waals surface area contributed by atoms with Crippen LogP contribution in [0.4, 0.5) is 35.0 Å². The molecule has 1 aromatic heterocycles.